The lowest BCUT2D eigenvalue weighted by atomic mass is 10.1. The van der Waals surface area contributed by atoms with E-state index in [0.29, 0.717) is 5.75 Å². The zero-order chi connectivity index (χ0) is 12.7. The lowest BCUT2D eigenvalue weighted by molar-refractivity contribution is -0.131. The Morgan fingerprint density at radius 2 is 1.83 bits per heavy atom. The van der Waals surface area contributed by atoms with Crippen LogP contribution >= 0.6 is 11.8 Å². The largest absolute Gasteiger partial charge is 0.427 e. The Morgan fingerprint density at radius 1 is 1.11 bits per heavy atom. The summed E-state index contributed by atoms with van der Waals surface area (Å²) in [6.45, 7) is 1.38. The summed E-state index contributed by atoms with van der Waals surface area (Å²) < 4.78 is 6.64. The van der Waals surface area contributed by atoms with Gasteiger partial charge in [0.15, 0.2) is 0 Å². The van der Waals surface area contributed by atoms with Gasteiger partial charge in [-0.3, -0.25) is 8.88 Å². The predicted molar refractivity (Wildman–Crippen MR) is 72.0 cm³/mol. The first-order chi connectivity index (χ1) is 8.66. The molecule has 0 amide bonds. The number of esters is 1. The molecule has 1 heterocycles. The highest BCUT2D eigenvalue weighted by Crippen LogP contribution is 2.32. The third-order valence-electron chi connectivity index (χ3n) is 2.85. The van der Waals surface area contributed by atoms with Crippen molar-refractivity contribution in [3.05, 3.63) is 42.5 Å². The Kier molecular flexibility index (Phi) is 2.49. The third-order valence-corrected chi connectivity index (χ3v) is 3.21. The van der Waals surface area contributed by atoms with Crippen LogP contribution in [0.15, 0.2) is 42.5 Å². The lowest BCUT2D eigenvalue weighted by Gasteiger charge is -2.01. The van der Waals surface area contributed by atoms with E-state index in [2.05, 4.69) is 0 Å². The summed E-state index contributed by atoms with van der Waals surface area (Å²) in [5.74, 6) is 0.159. The van der Waals surface area contributed by atoms with Crippen molar-refractivity contribution in [2.45, 2.75) is 6.92 Å². The fraction of sp³-hybridized carbons (Fsp3) is 0.0714. The van der Waals surface area contributed by atoms with Crippen molar-refractivity contribution in [2.75, 3.05) is 0 Å². The van der Waals surface area contributed by atoms with Gasteiger partial charge in [-0.15, -0.1) is 0 Å². The fourth-order valence-corrected chi connectivity index (χ4v) is 2.42. The molecular weight excluding hydrogens is 250 g/mol. The zero-order valence-electron chi connectivity index (χ0n) is 9.68. The van der Waals surface area contributed by atoms with E-state index in [9.17, 15) is 4.79 Å². The van der Waals surface area contributed by atoms with Gasteiger partial charge in [-0.25, -0.2) is 0 Å². The molecule has 90 valence electrons. The van der Waals surface area contributed by atoms with Gasteiger partial charge < -0.3 is 4.74 Å². The highest BCUT2D eigenvalue weighted by atomic mass is 35.5. The molecule has 1 aromatic heterocycles. The molecule has 3 nitrogen and oxygen atoms in total. The van der Waals surface area contributed by atoms with Crippen LogP contribution in [-0.4, -0.2) is 10.1 Å². The van der Waals surface area contributed by atoms with Crippen LogP contribution in [0.25, 0.3) is 21.8 Å². The maximum atomic E-state index is 10.9. The molecule has 0 atom stereocenters. The number of fused-ring (bicyclic) bond motifs is 3. The number of halogens is 1. The maximum Gasteiger partial charge on any atom is 0.308 e. The van der Waals surface area contributed by atoms with Crippen LogP contribution in [0.2, 0.25) is 0 Å². The van der Waals surface area contributed by atoms with E-state index >= 15 is 0 Å². The molecule has 0 radical (unpaired) electrons. The summed E-state index contributed by atoms with van der Waals surface area (Å²) in [5.41, 5.74) is 1.77. The van der Waals surface area contributed by atoms with Crippen molar-refractivity contribution >= 4 is 39.6 Å². The Balaban J connectivity index is 2.31. The Hall–Kier alpha value is -2.00. The standard InChI is InChI=1S/C14H10ClNO2/c1-9(17)18-10-6-7-12-11-4-2-3-5-13(11)16(15)14(12)8-10/h2-8H,1H3. The monoisotopic (exact) mass is 259 g/mol. The summed E-state index contributed by atoms with van der Waals surface area (Å²) in [7, 11) is 0. The third kappa shape index (κ3) is 1.64. The summed E-state index contributed by atoms with van der Waals surface area (Å²) in [5, 5.41) is 2.12. The Bertz CT molecular complexity index is 761. The number of hydrogen-bond acceptors (Lipinski definition) is 2. The quantitative estimate of drug-likeness (QED) is 0.493. The summed E-state index contributed by atoms with van der Waals surface area (Å²) in [4.78, 5) is 10.9. The molecule has 0 unspecified atom stereocenters. The average molecular weight is 260 g/mol. The second-order valence-electron chi connectivity index (χ2n) is 4.07. The van der Waals surface area contributed by atoms with Gasteiger partial charge in [0.1, 0.15) is 5.75 Å². The molecule has 0 bridgehead atoms. The highest BCUT2D eigenvalue weighted by Gasteiger charge is 2.10. The van der Waals surface area contributed by atoms with Crippen molar-refractivity contribution in [3.8, 4) is 5.75 Å². The van der Waals surface area contributed by atoms with Crippen molar-refractivity contribution in [1.82, 2.24) is 4.09 Å². The minimum Gasteiger partial charge on any atom is -0.427 e. The summed E-state index contributed by atoms with van der Waals surface area (Å²) in [6, 6.07) is 13.3. The topological polar surface area (TPSA) is 31.2 Å². The molecule has 0 saturated carbocycles. The first kappa shape index (κ1) is 11.1. The van der Waals surface area contributed by atoms with Gasteiger partial charge in [0.2, 0.25) is 0 Å². The normalized spacial score (nSPS) is 11.0. The number of aromatic nitrogens is 1. The molecular formula is C14H10ClNO2. The lowest BCUT2D eigenvalue weighted by Crippen LogP contribution is -2.00. The van der Waals surface area contributed by atoms with Crippen molar-refractivity contribution < 1.29 is 9.53 Å². The van der Waals surface area contributed by atoms with Crippen LogP contribution in [-0.2, 0) is 4.79 Å². The van der Waals surface area contributed by atoms with Crippen LogP contribution in [0.5, 0.6) is 5.75 Å². The van der Waals surface area contributed by atoms with Gasteiger partial charge in [-0.1, -0.05) is 18.2 Å². The minimum atomic E-state index is -0.341. The van der Waals surface area contributed by atoms with Crippen molar-refractivity contribution in [2.24, 2.45) is 0 Å². The second kappa shape index (κ2) is 4.03. The SMILES string of the molecule is CC(=O)Oc1ccc2c3ccccc3n(Cl)c2c1. The van der Waals surface area contributed by atoms with Crippen LogP contribution in [0.1, 0.15) is 6.92 Å². The molecule has 0 saturated heterocycles. The molecule has 0 spiro atoms. The molecule has 0 aliphatic carbocycles. The zero-order valence-corrected chi connectivity index (χ0v) is 10.4. The summed E-state index contributed by atoms with van der Waals surface area (Å²) >= 11 is 6.27. The Morgan fingerprint density at radius 3 is 2.61 bits per heavy atom. The molecule has 2 aromatic carbocycles. The van der Waals surface area contributed by atoms with Crippen molar-refractivity contribution in [1.29, 1.82) is 0 Å². The van der Waals surface area contributed by atoms with E-state index in [0.717, 1.165) is 21.8 Å². The highest BCUT2D eigenvalue weighted by molar-refractivity contribution is 6.26. The Labute approximate surface area is 109 Å². The molecule has 0 aliphatic heterocycles. The first-order valence-electron chi connectivity index (χ1n) is 5.54. The number of nitrogens with zero attached hydrogens (tertiary/aromatic N) is 1. The number of carbonyl (C=O) groups excluding carboxylic acids is 1. The number of rotatable bonds is 1. The van der Waals surface area contributed by atoms with Gasteiger partial charge in [0.05, 0.1) is 11.0 Å². The van der Waals surface area contributed by atoms with E-state index in [4.69, 9.17) is 16.5 Å². The number of ether oxygens (including phenoxy) is 1. The summed E-state index contributed by atoms with van der Waals surface area (Å²) in [6.07, 6.45) is 0. The van der Waals surface area contributed by atoms with Gasteiger partial charge in [0.25, 0.3) is 0 Å². The molecule has 0 fully saturated rings. The van der Waals surface area contributed by atoms with Gasteiger partial charge >= 0.3 is 5.97 Å². The van der Waals surface area contributed by atoms with Gasteiger partial charge in [-0.05, 0) is 18.2 Å². The van der Waals surface area contributed by atoms with E-state index in [1.165, 1.54) is 6.92 Å². The molecule has 3 rings (SSSR count). The molecule has 18 heavy (non-hydrogen) atoms. The predicted octanol–water partition coefficient (Wildman–Crippen LogP) is 3.72. The van der Waals surface area contributed by atoms with Crippen molar-refractivity contribution in [3.63, 3.8) is 0 Å². The van der Waals surface area contributed by atoms with E-state index in [-0.39, 0.29) is 5.97 Å². The number of para-hydroxylation sites is 1. The number of carbonyl (C=O) groups is 1. The van der Waals surface area contributed by atoms with Gasteiger partial charge in [0, 0.05) is 35.5 Å². The minimum absolute atomic E-state index is 0.341. The molecule has 0 N–H and O–H groups in total. The van der Waals surface area contributed by atoms with Crippen LogP contribution in [0.3, 0.4) is 0 Å². The average Bonchev–Trinajstić information content (AvgIpc) is 2.63. The smallest absolute Gasteiger partial charge is 0.308 e. The van der Waals surface area contributed by atoms with Gasteiger partial charge in [-0.2, -0.15) is 0 Å². The molecule has 0 aliphatic rings. The van der Waals surface area contributed by atoms with Crippen LogP contribution in [0.4, 0.5) is 0 Å². The number of benzene rings is 2. The van der Waals surface area contributed by atoms with E-state index < -0.39 is 0 Å². The second-order valence-corrected chi connectivity index (χ2v) is 4.41. The molecule has 3 aromatic rings. The van der Waals surface area contributed by atoms with E-state index in [1.54, 1.807) is 16.2 Å². The van der Waals surface area contributed by atoms with E-state index in [1.807, 2.05) is 30.3 Å². The molecule has 4 heteroatoms. The number of hydrogen-bond donors (Lipinski definition) is 0. The van der Waals surface area contributed by atoms with Crippen LogP contribution < -0.4 is 4.74 Å². The van der Waals surface area contributed by atoms with Crippen LogP contribution in [0, 0.1) is 0 Å². The fourth-order valence-electron chi connectivity index (χ4n) is 2.13. The maximum absolute atomic E-state index is 10.9. The first-order valence-corrected chi connectivity index (χ1v) is 5.88.